The molecule has 1 aliphatic rings. The van der Waals surface area contributed by atoms with Gasteiger partial charge >= 0.3 is 0 Å². The summed E-state index contributed by atoms with van der Waals surface area (Å²) in [7, 11) is 0. The van der Waals surface area contributed by atoms with Crippen molar-refractivity contribution in [2.75, 3.05) is 26.2 Å². The minimum absolute atomic E-state index is 0.167. The maximum absolute atomic E-state index is 12.4. The number of amides is 2. The van der Waals surface area contributed by atoms with Crippen LogP contribution < -0.4 is 0 Å². The maximum Gasteiger partial charge on any atom is 0.227 e. The predicted octanol–water partition coefficient (Wildman–Crippen LogP) is 2.66. The highest BCUT2D eigenvalue weighted by Gasteiger charge is 2.22. The van der Waals surface area contributed by atoms with Crippen LogP contribution in [0.25, 0.3) is 0 Å². The van der Waals surface area contributed by atoms with Crippen molar-refractivity contribution in [3.8, 4) is 0 Å². The number of carbonyl (C=O) groups excluding carboxylic acids is 2. The highest BCUT2D eigenvalue weighted by atomic mass is 32.1. The molecule has 2 aromatic rings. The van der Waals surface area contributed by atoms with Gasteiger partial charge in [-0.15, -0.1) is 22.7 Å². The van der Waals surface area contributed by atoms with Crippen LogP contribution in [0.3, 0.4) is 0 Å². The van der Waals surface area contributed by atoms with Crippen LogP contribution in [0.1, 0.15) is 16.2 Å². The lowest BCUT2D eigenvalue weighted by molar-refractivity contribution is -0.132. The Morgan fingerprint density at radius 3 is 1.70 bits per heavy atom. The molecule has 122 valence electrons. The van der Waals surface area contributed by atoms with Crippen LogP contribution >= 0.6 is 22.7 Å². The second-order valence-corrected chi connectivity index (χ2v) is 7.69. The molecule has 1 fully saturated rings. The smallest absolute Gasteiger partial charge is 0.227 e. The maximum atomic E-state index is 12.4. The van der Waals surface area contributed by atoms with Gasteiger partial charge in [-0.05, 0) is 29.3 Å². The van der Waals surface area contributed by atoms with E-state index in [0.717, 1.165) is 29.3 Å². The van der Waals surface area contributed by atoms with Gasteiger partial charge < -0.3 is 9.80 Å². The molecule has 0 bridgehead atoms. The standard InChI is InChI=1S/C17H20N2O2S2/c20-16(12-14-4-1-10-22-14)18-6-3-7-19(9-8-18)17(21)13-15-5-2-11-23-15/h1-2,4-5,10-11H,3,6-9,12-13H2. The normalized spacial score (nSPS) is 15.5. The number of hydrogen-bond donors (Lipinski definition) is 0. The highest BCUT2D eigenvalue weighted by molar-refractivity contribution is 7.10. The van der Waals surface area contributed by atoms with Crippen molar-refractivity contribution in [2.24, 2.45) is 0 Å². The van der Waals surface area contributed by atoms with Gasteiger partial charge in [0.15, 0.2) is 0 Å². The fourth-order valence-electron chi connectivity index (χ4n) is 2.76. The fourth-order valence-corrected chi connectivity index (χ4v) is 4.16. The Morgan fingerprint density at radius 2 is 1.30 bits per heavy atom. The molecular weight excluding hydrogens is 328 g/mol. The zero-order chi connectivity index (χ0) is 16.1. The van der Waals surface area contributed by atoms with Gasteiger partial charge in [-0.25, -0.2) is 0 Å². The van der Waals surface area contributed by atoms with Gasteiger partial charge in [-0.1, -0.05) is 12.1 Å². The molecule has 6 heteroatoms. The van der Waals surface area contributed by atoms with Crippen LogP contribution in [-0.2, 0) is 22.4 Å². The van der Waals surface area contributed by atoms with E-state index < -0.39 is 0 Å². The number of nitrogens with zero attached hydrogens (tertiary/aromatic N) is 2. The molecule has 0 atom stereocenters. The second kappa shape index (κ2) is 7.75. The Labute approximate surface area is 144 Å². The first-order valence-corrected chi connectivity index (χ1v) is 9.58. The van der Waals surface area contributed by atoms with Crippen LogP contribution in [0.15, 0.2) is 35.0 Å². The second-order valence-electron chi connectivity index (χ2n) is 5.63. The van der Waals surface area contributed by atoms with E-state index in [2.05, 4.69) is 0 Å². The third-order valence-electron chi connectivity index (χ3n) is 4.01. The molecule has 0 radical (unpaired) electrons. The molecule has 0 aliphatic carbocycles. The summed E-state index contributed by atoms with van der Waals surface area (Å²) in [6.45, 7) is 2.76. The Kier molecular flexibility index (Phi) is 5.46. The lowest BCUT2D eigenvalue weighted by Gasteiger charge is -2.22. The van der Waals surface area contributed by atoms with E-state index in [1.54, 1.807) is 22.7 Å². The van der Waals surface area contributed by atoms with E-state index in [9.17, 15) is 9.59 Å². The molecule has 0 spiro atoms. The molecule has 4 nitrogen and oxygen atoms in total. The van der Waals surface area contributed by atoms with Gasteiger partial charge in [0, 0.05) is 35.9 Å². The first-order valence-electron chi connectivity index (χ1n) is 7.82. The van der Waals surface area contributed by atoms with E-state index in [0.29, 0.717) is 25.9 Å². The number of thiophene rings is 2. The first kappa shape index (κ1) is 16.2. The highest BCUT2D eigenvalue weighted by Crippen LogP contribution is 2.14. The van der Waals surface area contributed by atoms with Gasteiger partial charge in [0.05, 0.1) is 12.8 Å². The summed E-state index contributed by atoms with van der Waals surface area (Å²) in [6.07, 6.45) is 1.80. The molecule has 3 rings (SSSR count). The van der Waals surface area contributed by atoms with Crippen molar-refractivity contribution in [3.63, 3.8) is 0 Å². The lowest BCUT2D eigenvalue weighted by Crippen LogP contribution is -2.38. The molecule has 0 aromatic carbocycles. The van der Waals surface area contributed by atoms with E-state index in [4.69, 9.17) is 0 Å². The monoisotopic (exact) mass is 348 g/mol. The number of hydrogen-bond acceptors (Lipinski definition) is 4. The van der Waals surface area contributed by atoms with Crippen molar-refractivity contribution in [3.05, 3.63) is 44.8 Å². The van der Waals surface area contributed by atoms with Gasteiger partial charge in [-0.2, -0.15) is 0 Å². The number of carbonyl (C=O) groups is 2. The predicted molar refractivity (Wildman–Crippen MR) is 93.8 cm³/mol. The summed E-state index contributed by atoms with van der Waals surface area (Å²) in [4.78, 5) is 30.8. The average Bonchev–Trinajstić information content (AvgIpc) is 3.17. The van der Waals surface area contributed by atoms with Crippen molar-refractivity contribution in [1.29, 1.82) is 0 Å². The minimum Gasteiger partial charge on any atom is -0.341 e. The Hall–Kier alpha value is -1.66. The summed E-state index contributed by atoms with van der Waals surface area (Å²) in [5.41, 5.74) is 0. The van der Waals surface area contributed by atoms with E-state index >= 15 is 0 Å². The molecule has 23 heavy (non-hydrogen) atoms. The van der Waals surface area contributed by atoms with Crippen LogP contribution in [0, 0.1) is 0 Å². The van der Waals surface area contributed by atoms with E-state index in [1.807, 2.05) is 44.8 Å². The molecule has 1 aliphatic heterocycles. The summed E-state index contributed by atoms with van der Waals surface area (Å²) >= 11 is 3.23. The fraction of sp³-hybridized carbons (Fsp3) is 0.412. The third kappa shape index (κ3) is 4.42. The molecule has 2 aromatic heterocycles. The largest absolute Gasteiger partial charge is 0.341 e. The zero-order valence-electron chi connectivity index (χ0n) is 12.9. The summed E-state index contributed by atoms with van der Waals surface area (Å²) in [5.74, 6) is 0.333. The van der Waals surface area contributed by atoms with Crippen molar-refractivity contribution in [2.45, 2.75) is 19.3 Å². The molecule has 0 saturated carbocycles. The van der Waals surface area contributed by atoms with Gasteiger partial charge in [0.25, 0.3) is 0 Å². The number of rotatable bonds is 4. The lowest BCUT2D eigenvalue weighted by atomic mass is 10.3. The summed E-state index contributed by atoms with van der Waals surface area (Å²) in [5, 5.41) is 3.99. The van der Waals surface area contributed by atoms with Gasteiger partial charge in [0.1, 0.15) is 0 Å². The summed E-state index contributed by atoms with van der Waals surface area (Å²) in [6, 6.07) is 7.94. The van der Waals surface area contributed by atoms with Gasteiger partial charge in [0.2, 0.25) is 11.8 Å². The van der Waals surface area contributed by atoms with Crippen LogP contribution in [-0.4, -0.2) is 47.8 Å². The Bertz CT molecular complexity index is 581. The first-order chi connectivity index (χ1) is 11.2. The topological polar surface area (TPSA) is 40.6 Å². The molecule has 3 heterocycles. The Morgan fingerprint density at radius 1 is 0.826 bits per heavy atom. The van der Waals surface area contributed by atoms with Crippen molar-refractivity contribution < 1.29 is 9.59 Å². The zero-order valence-corrected chi connectivity index (χ0v) is 14.6. The summed E-state index contributed by atoms with van der Waals surface area (Å²) < 4.78 is 0. The molecular formula is C17H20N2O2S2. The van der Waals surface area contributed by atoms with Crippen LogP contribution in [0.4, 0.5) is 0 Å². The third-order valence-corrected chi connectivity index (χ3v) is 5.77. The molecule has 2 amide bonds. The molecule has 0 unspecified atom stereocenters. The van der Waals surface area contributed by atoms with Gasteiger partial charge in [-0.3, -0.25) is 9.59 Å². The average molecular weight is 348 g/mol. The Balaban J connectivity index is 1.52. The molecule has 0 N–H and O–H groups in total. The van der Waals surface area contributed by atoms with Crippen LogP contribution in [0.2, 0.25) is 0 Å². The quantitative estimate of drug-likeness (QED) is 0.852. The van der Waals surface area contributed by atoms with E-state index in [-0.39, 0.29) is 11.8 Å². The van der Waals surface area contributed by atoms with E-state index in [1.165, 1.54) is 0 Å². The van der Waals surface area contributed by atoms with Crippen molar-refractivity contribution in [1.82, 2.24) is 9.80 Å². The van der Waals surface area contributed by atoms with Crippen LogP contribution in [0.5, 0.6) is 0 Å². The molecule has 1 saturated heterocycles. The minimum atomic E-state index is 0.167. The SMILES string of the molecule is O=C(Cc1cccs1)N1CCCN(C(=O)Cc2cccs2)CC1. The van der Waals surface area contributed by atoms with Crippen molar-refractivity contribution >= 4 is 34.5 Å².